The number of halogens is 1. The summed E-state index contributed by atoms with van der Waals surface area (Å²) in [6.07, 6.45) is 3.75. The van der Waals surface area contributed by atoms with Gasteiger partial charge in [-0.25, -0.2) is 4.98 Å². The number of nitrogens with two attached hydrogens (primary N) is 1. The first-order valence-corrected chi connectivity index (χ1v) is 6.54. The van der Waals surface area contributed by atoms with E-state index in [1.807, 2.05) is 6.92 Å². The Kier molecular flexibility index (Phi) is 3.54. The minimum atomic E-state index is -0.441. The zero-order valence-electron chi connectivity index (χ0n) is 10.0. The molecule has 18 heavy (non-hydrogen) atoms. The minimum absolute atomic E-state index is 0.0373. The first-order valence-electron chi connectivity index (χ1n) is 5.74. The van der Waals surface area contributed by atoms with Gasteiger partial charge in [-0.15, -0.1) is 0 Å². The Hall–Kier alpha value is -1.21. The maximum atomic E-state index is 11.0. The van der Waals surface area contributed by atoms with Gasteiger partial charge in [0.2, 0.25) is 5.82 Å². The van der Waals surface area contributed by atoms with Gasteiger partial charge in [0.1, 0.15) is 0 Å². The molecule has 6 nitrogen and oxygen atoms in total. The van der Waals surface area contributed by atoms with Gasteiger partial charge in [0.15, 0.2) is 0 Å². The minimum Gasteiger partial charge on any atom is -0.358 e. The van der Waals surface area contributed by atoms with Crippen molar-refractivity contribution in [3.8, 4) is 0 Å². The second-order valence-electron chi connectivity index (χ2n) is 4.80. The van der Waals surface area contributed by atoms with Crippen LogP contribution in [0.3, 0.4) is 0 Å². The molecule has 1 unspecified atom stereocenters. The Labute approximate surface area is 113 Å². The molecule has 1 aromatic rings. The van der Waals surface area contributed by atoms with Crippen LogP contribution in [0.5, 0.6) is 0 Å². The zero-order valence-corrected chi connectivity index (χ0v) is 11.6. The number of hydrogen-bond donors (Lipinski definition) is 2. The Morgan fingerprint density at radius 1 is 1.72 bits per heavy atom. The summed E-state index contributed by atoms with van der Waals surface area (Å²) in [4.78, 5) is 14.7. The van der Waals surface area contributed by atoms with Crippen LogP contribution < -0.4 is 11.1 Å². The fourth-order valence-electron chi connectivity index (χ4n) is 1.97. The molecular formula is C11H15BrN4O2. The summed E-state index contributed by atoms with van der Waals surface area (Å²) in [6.45, 7) is 2.41. The van der Waals surface area contributed by atoms with Gasteiger partial charge in [0, 0.05) is 23.3 Å². The summed E-state index contributed by atoms with van der Waals surface area (Å²) >= 11 is 3.18. The molecule has 1 saturated carbocycles. The van der Waals surface area contributed by atoms with Crippen LogP contribution in [0.4, 0.5) is 11.5 Å². The average molecular weight is 315 g/mol. The van der Waals surface area contributed by atoms with Crippen LogP contribution in [-0.4, -0.2) is 22.0 Å². The highest BCUT2D eigenvalue weighted by Gasteiger charge is 2.41. The molecule has 7 heteroatoms. The van der Waals surface area contributed by atoms with Crippen LogP contribution in [0.15, 0.2) is 16.7 Å². The Bertz CT molecular complexity index is 478. The molecule has 0 amide bonds. The van der Waals surface area contributed by atoms with Crippen molar-refractivity contribution < 1.29 is 4.92 Å². The van der Waals surface area contributed by atoms with E-state index < -0.39 is 4.92 Å². The van der Waals surface area contributed by atoms with Crippen LogP contribution >= 0.6 is 15.9 Å². The molecule has 0 radical (unpaired) electrons. The summed E-state index contributed by atoms with van der Waals surface area (Å²) in [5.41, 5.74) is 5.42. The van der Waals surface area contributed by atoms with E-state index in [0.717, 1.165) is 12.8 Å². The summed E-state index contributed by atoms with van der Waals surface area (Å²) < 4.78 is 0.584. The van der Waals surface area contributed by atoms with Crippen molar-refractivity contribution in [2.75, 3.05) is 11.9 Å². The third-order valence-electron chi connectivity index (χ3n) is 3.34. The number of aromatic nitrogens is 1. The fourth-order valence-corrected chi connectivity index (χ4v) is 2.29. The highest BCUT2D eigenvalue weighted by atomic mass is 79.9. The number of pyridine rings is 1. The second kappa shape index (κ2) is 4.81. The lowest BCUT2D eigenvalue weighted by molar-refractivity contribution is -0.384. The van der Waals surface area contributed by atoms with Gasteiger partial charge in [-0.05, 0) is 41.6 Å². The predicted octanol–water partition coefficient (Wildman–Crippen LogP) is 2.29. The molecule has 3 N–H and O–H groups in total. The van der Waals surface area contributed by atoms with Gasteiger partial charge in [-0.1, -0.05) is 0 Å². The van der Waals surface area contributed by atoms with E-state index in [9.17, 15) is 10.1 Å². The molecule has 98 valence electrons. The molecule has 0 bridgehead atoms. The van der Waals surface area contributed by atoms with Crippen molar-refractivity contribution in [2.45, 2.75) is 25.3 Å². The van der Waals surface area contributed by atoms with Gasteiger partial charge in [-0.2, -0.15) is 0 Å². The standard InChI is InChI=1S/C11H15BrN4O2/c1-11(6-13,7-2-3-7)15-10-9(16(17)18)4-8(12)5-14-10/h4-5,7H,2-3,6,13H2,1H3,(H,14,15). The molecule has 1 aromatic heterocycles. The fraction of sp³-hybridized carbons (Fsp3) is 0.545. The van der Waals surface area contributed by atoms with Crippen molar-refractivity contribution >= 4 is 27.4 Å². The molecular weight excluding hydrogens is 300 g/mol. The normalized spacial score (nSPS) is 18.2. The first kappa shape index (κ1) is 13.2. The number of nitrogens with one attached hydrogen (secondary N) is 1. The summed E-state index contributed by atoms with van der Waals surface area (Å²) in [6, 6.07) is 1.44. The van der Waals surface area contributed by atoms with E-state index in [0.29, 0.717) is 16.9 Å². The molecule has 0 aromatic carbocycles. The quantitative estimate of drug-likeness (QED) is 0.642. The van der Waals surface area contributed by atoms with Crippen LogP contribution in [0.2, 0.25) is 0 Å². The lowest BCUT2D eigenvalue weighted by atomic mass is 9.96. The largest absolute Gasteiger partial charge is 0.358 e. The van der Waals surface area contributed by atoms with Crippen LogP contribution in [-0.2, 0) is 0 Å². The van der Waals surface area contributed by atoms with Gasteiger partial charge < -0.3 is 11.1 Å². The molecule has 1 fully saturated rings. The molecule has 1 atom stereocenters. The maximum Gasteiger partial charge on any atom is 0.312 e. The number of nitrogens with zero attached hydrogens (tertiary/aromatic N) is 2. The lowest BCUT2D eigenvalue weighted by Gasteiger charge is -2.29. The van der Waals surface area contributed by atoms with E-state index in [1.165, 1.54) is 6.07 Å². The monoisotopic (exact) mass is 314 g/mol. The zero-order chi connectivity index (χ0) is 13.3. The Morgan fingerprint density at radius 2 is 2.39 bits per heavy atom. The summed E-state index contributed by atoms with van der Waals surface area (Å²) in [7, 11) is 0. The highest BCUT2D eigenvalue weighted by Crippen LogP contribution is 2.41. The second-order valence-corrected chi connectivity index (χ2v) is 5.71. The topological polar surface area (TPSA) is 94.1 Å². The predicted molar refractivity (Wildman–Crippen MR) is 72.4 cm³/mol. The van der Waals surface area contributed by atoms with Crippen molar-refractivity contribution in [1.29, 1.82) is 0 Å². The number of anilines is 1. The van der Waals surface area contributed by atoms with Crippen LogP contribution in [0.1, 0.15) is 19.8 Å². The molecule has 0 saturated heterocycles. The summed E-state index contributed by atoms with van der Waals surface area (Å²) in [5, 5.41) is 14.2. The molecule has 1 aliphatic rings. The van der Waals surface area contributed by atoms with Crippen LogP contribution in [0.25, 0.3) is 0 Å². The van der Waals surface area contributed by atoms with E-state index in [1.54, 1.807) is 6.20 Å². The van der Waals surface area contributed by atoms with Gasteiger partial charge in [0.05, 0.1) is 10.5 Å². The lowest BCUT2D eigenvalue weighted by Crippen LogP contribution is -2.45. The van der Waals surface area contributed by atoms with E-state index >= 15 is 0 Å². The number of nitro groups is 1. The summed E-state index contributed by atoms with van der Waals surface area (Å²) in [5.74, 6) is 0.746. The van der Waals surface area contributed by atoms with E-state index in [2.05, 4.69) is 26.2 Å². The highest BCUT2D eigenvalue weighted by molar-refractivity contribution is 9.10. The van der Waals surface area contributed by atoms with Crippen molar-refractivity contribution in [3.63, 3.8) is 0 Å². The third-order valence-corrected chi connectivity index (χ3v) is 3.77. The molecule has 1 heterocycles. The van der Waals surface area contributed by atoms with Crippen molar-refractivity contribution in [2.24, 2.45) is 11.7 Å². The van der Waals surface area contributed by atoms with Gasteiger partial charge >= 0.3 is 5.69 Å². The van der Waals surface area contributed by atoms with Crippen LogP contribution in [0, 0.1) is 16.0 Å². The van der Waals surface area contributed by atoms with Crippen molar-refractivity contribution in [1.82, 2.24) is 4.98 Å². The maximum absolute atomic E-state index is 11.0. The number of rotatable bonds is 5. The van der Waals surface area contributed by atoms with E-state index in [4.69, 9.17) is 5.73 Å². The van der Waals surface area contributed by atoms with E-state index in [-0.39, 0.29) is 17.0 Å². The van der Waals surface area contributed by atoms with Gasteiger partial charge in [-0.3, -0.25) is 10.1 Å². The average Bonchev–Trinajstić information content (AvgIpc) is 3.15. The first-order chi connectivity index (χ1) is 8.46. The van der Waals surface area contributed by atoms with Crippen molar-refractivity contribution in [3.05, 3.63) is 26.9 Å². The molecule has 0 aliphatic heterocycles. The van der Waals surface area contributed by atoms with Gasteiger partial charge in [0.25, 0.3) is 0 Å². The SMILES string of the molecule is CC(CN)(Nc1ncc(Br)cc1[N+](=O)[O-])C1CC1. The third kappa shape index (κ3) is 2.62. The number of hydrogen-bond acceptors (Lipinski definition) is 5. The Morgan fingerprint density at radius 3 is 2.89 bits per heavy atom. The molecule has 0 spiro atoms. The Balaban J connectivity index is 2.30. The smallest absolute Gasteiger partial charge is 0.312 e. The molecule has 2 rings (SSSR count). The molecule has 1 aliphatic carbocycles.